The molecule has 3 rings (SSSR count). The molecule has 0 aliphatic carbocycles. The molecule has 7 heteroatoms. The first-order valence-corrected chi connectivity index (χ1v) is 10.7. The van der Waals surface area contributed by atoms with E-state index in [2.05, 4.69) is 17.5 Å². The molecule has 3 aliphatic heterocycles. The van der Waals surface area contributed by atoms with E-state index in [9.17, 15) is 14.7 Å². The van der Waals surface area contributed by atoms with Crippen LogP contribution in [0.2, 0.25) is 0 Å². The zero-order chi connectivity index (χ0) is 18.4. The molecule has 2 saturated heterocycles. The average molecular weight is 384 g/mol. The maximum atomic E-state index is 12.2. The number of hydrogen-bond acceptors (Lipinski definition) is 6. The highest BCUT2D eigenvalue weighted by atomic mass is 32.2. The predicted molar refractivity (Wildman–Crippen MR) is 99.8 cm³/mol. The molecule has 2 fully saturated rings. The van der Waals surface area contributed by atoms with Crippen molar-refractivity contribution < 1.29 is 24.2 Å². The van der Waals surface area contributed by atoms with Gasteiger partial charge in [-0.15, -0.1) is 0 Å². The molecule has 0 aromatic carbocycles. The van der Waals surface area contributed by atoms with Crippen molar-refractivity contribution in [2.24, 2.45) is 0 Å². The molecule has 26 heavy (non-hydrogen) atoms. The second kappa shape index (κ2) is 9.24. The first-order chi connectivity index (χ1) is 12.5. The van der Waals surface area contributed by atoms with E-state index in [0.29, 0.717) is 18.6 Å². The Morgan fingerprint density at radius 1 is 1.12 bits per heavy atom. The molecule has 146 valence electrons. The normalized spacial score (nSPS) is 38.6. The van der Waals surface area contributed by atoms with Crippen LogP contribution in [0.25, 0.3) is 0 Å². The van der Waals surface area contributed by atoms with Crippen molar-refractivity contribution in [3.63, 3.8) is 0 Å². The number of ether oxygens (including phenoxy) is 2. The third kappa shape index (κ3) is 5.47. The van der Waals surface area contributed by atoms with Crippen LogP contribution in [0.1, 0.15) is 64.2 Å². The van der Waals surface area contributed by atoms with Gasteiger partial charge in [0.2, 0.25) is 0 Å². The lowest BCUT2D eigenvalue weighted by atomic mass is 9.91. The maximum Gasteiger partial charge on any atom is 0.306 e. The van der Waals surface area contributed by atoms with Crippen LogP contribution in [0, 0.1) is 0 Å². The fourth-order valence-electron chi connectivity index (χ4n) is 3.86. The van der Waals surface area contributed by atoms with Crippen LogP contribution in [-0.4, -0.2) is 46.1 Å². The number of carbonyl (C=O) groups excluding carboxylic acids is 2. The van der Waals surface area contributed by atoms with E-state index in [1.54, 1.807) is 0 Å². The van der Waals surface area contributed by atoms with Gasteiger partial charge in [0.05, 0.1) is 12.1 Å². The summed E-state index contributed by atoms with van der Waals surface area (Å²) in [5, 5.41) is 13.7. The summed E-state index contributed by atoms with van der Waals surface area (Å²) >= 11 is 1.15. The Kier molecular flexibility index (Phi) is 7.00. The summed E-state index contributed by atoms with van der Waals surface area (Å²) < 4.78 is 11.7. The van der Waals surface area contributed by atoms with Crippen molar-refractivity contribution >= 4 is 23.0 Å². The highest BCUT2D eigenvalue weighted by Crippen LogP contribution is 2.36. The van der Waals surface area contributed by atoms with Gasteiger partial charge in [0.25, 0.3) is 5.24 Å². The molecule has 0 aromatic heterocycles. The maximum absolute atomic E-state index is 12.2. The van der Waals surface area contributed by atoms with Gasteiger partial charge < -0.3 is 19.9 Å². The number of aliphatic hydroxyl groups is 1. The number of hydrogen-bond donors (Lipinski definition) is 2. The average Bonchev–Trinajstić information content (AvgIpc) is 3.02. The number of amides is 1. The van der Waals surface area contributed by atoms with Crippen molar-refractivity contribution in [2.75, 3.05) is 5.75 Å². The molecule has 3 unspecified atom stereocenters. The largest absolute Gasteiger partial charge is 0.462 e. The first-order valence-electron chi connectivity index (χ1n) is 9.73. The summed E-state index contributed by atoms with van der Waals surface area (Å²) in [5.74, 6) is -1.21. The Labute approximate surface area is 159 Å². The molecular formula is C19H29NO5S. The van der Waals surface area contributed by atoms with E-state index in [1.807, 2.05) is 0 Å². The quantitative estimate of drug-likeness (QED) is 0.534. The summed E-state index contributed by atoms with van der Waals surface area (Å²) in [6.07, 6.45) is 11.9. The van der Waals surface area contributed by atoms with Crippen molar-refractivity contribution in [2.45, 2.75) is 88.2 Å². The van der Waals surface area contributed by atoms with Crippen molar-refractivity contribution in [3.8, 4) is 0 Å². The van der Waals surface area contributed by atoms with Crippen molar-refractivity contribution in [3.05, 3.63) is 12.2 Å². The van der Waals surface area contributed by atoms with Gasteiger partial charge >= 0.3 is 5.97 Å². The molecule has 0 spiro atoms. The topological polar surface area (TPSA) is 84.9 Å². The lowest BCUT2D eigenvalue weighted by Gasteiger charge is -2.43. The van der Waals surface area contributed by atoms with Crippen LogP contribution in [-0.2, 0) is 14.3 Å². The summed E-state index contributed by atoms with van der Waals surface area (Å²) in [5.41, 5.74) is 0. The predicted octanol–water partition coefficient (Wildman–Crippen LogP) is 3.28. The molecule has 0 aromatic rings. The summed E-state index contributed by atoms with van der Waals surface area (Å²) in [6, 6.07) is -0.467. The van der Waals surface area contributed by atoms with E-state index in [1.165, 1.54) is 0 Å². The summed E-state index contributed by atoms with van der Waals surface area (Å²) in [7, 11) is 0. The Balaban J connectivity index is 1.68. The Bertz CT molecular complexity index is 540. The molecule has 3 heterocycles. The molecule has 4 atom stereocenters. The minimum Gasteiger partial charge on any atom is -0.462 e. The molecule has 2 N–H and O–H groups in total. The molecule has 0 radical (unpaired) electrons. The Morgan fingerprint density at radius 2 is 1.92 bits per heavy atom. The van der Waals surface area contributed by atoms with Gasteiger partial charge in [-0.3, -0.25) is 9.59 Å². The number of allylic oxidation sites excluding steroid dienone is 2. The fraction of sp³-hybridized carbons (Fsp3) is 0.789. The van der Waals surface area contributed by atoms with Crippen LogP contribution in [0.3, 0.4) is 0 Å². The van der Waals surface area contributed by atoms with Crippen LogP contribution in [0.5, 0.6) is 0 Å². The minimum atomic E-state index is -1.48. The SMILES string of the molecule is O=C1CCCCC/C=C/CCC[C@@H]2CC(CC(O)(C3CSC(=O)N3)O2)O1. The second-order valence-electron chi connectivity index (χ2n) is 7.43. The molecule has 1 amide bonds. The first kappa shape index (κ1) is 19.7. The lowest BCUT2D eigenvalue weighted by Crippen LogP contribution is -2.58. The molecule has 6 nitrogen and oxygen atoms in total. The Morgan fingerprint density at radius 3 is 2.69 bits per heavy atom. The zero-order valence-corrected chi connectivity index (χ0v) is 16.0. The van der Waals surface area contributed by atoms with Gasteiger partial charge in [0, 0.05) is 25.0 Å². The van der Waals surface area contributed by atoms with Gasteiger partial charge in [-0.2, -0.15) is 0 Å². The molecule has 3 aliphatic rings. The van der Waals surface area contributed by atoms with E-state index < -0.39 is 11.8 Å². The highest BCUT2D eigenvalue weighted by molar-refractivity contribution is 8.14. The second-order valence-corrected chi connectivity index (χ2v) is 8.43. The van der Waals surface area contributed by atoms with Crippen LogP contribution >= 0.6 is 11.8 Å². The number of esters is 1. The smallest absolute Gasteiger partial charge is 0.306 e. The zero-order valence-electron chi connectivity index (χ0n) is 15.2. The summed E-state index contributed by atoms with van der Waals surface area (Å²) in [6.45, 7) is 0. The number of thioether (sulfide) groups is 1. The standard InChI is InChI=1S/C19H29NO5S/c21-17-10-8-6-4-2-1-3-5-7-9-14-11-15(24-17)12-19(23,25-14)16-13-26-18(22)20-16/h1,3,14-16,23H,2,4-13H2,(H,20,22)/b3-1+/t14-,15?,16?,19?/m1/s1. The van der Waals surface area contributed by atoms with Crippen LogP contribution < -0.4 is 5.32 Å². The van der Waals surface area contributed by atoms with Crippen molar-refractivity contribution in [1.82, 2.24) is 5.32 Å². The van der Waals surface area contributed by atoms with E-state index in [4.69, 9.17) is 9.47 Å². The van der Waals surface area contributed by atoms with E-state index in [-0.39, 0.29) is 29.8 Å². The number of fused-ring (bicyclic) bond motifs is 2. The third-order valence-electron chi connectivity index (χ3n) is 5.25. The molecule has 0 saturated carbocycles. The number of rotatable bonds is 1. The van der Waals surface area contributed by atoms with Crippen LogP contribution in [0.15, 0.2) is 12.2 Å². The highest BCUT2D eigenvalue weighted by Gasteiger charge is 2.49. The Hall–Kier alpha value is -1.05. The number of carbonyl (C=O) groups is 2. The molecule has 2 bridgehead atoms. The van der Waals surface area contributed by atoms with E-state index >= 15 is 0 Å². The number of nitrogens with one attached hydrogen (secondary N) is 1. The van der Waals surface area contributed by atoms with Crippen LogP contribution in [0.4, 0.5) is 4.79 Å². The van der Waals surface area contributed by atoms with E-state index in [0.717, 1.165) is 56.7 Å². The summed E-state index contributed by atoms with van der Waals surface area (Å²) in [4.78, 5) is 23.7. The third-order valence-corrected chi connectivity index (χ3v) is 6.13. The van der Waals surface area contributed by atoms with Gasteiger partial charge in [-0.25, -0.2) is 0 Å². The minimum absolute atomic E-state index is 0.147. The van der Waals surface area contributed by atoms with Gasteiger partial charge in [0.15, 0.2) is 5.79 Å². The van der Waals surface area contributed by atoms with Gasteiger partial charge in [-0.05, 0) is 38.5 Å². The van der Waals surface area contributed by atoms with Crippen molar-refractivity contribution in [1.29, 1.82) is 0 Å². The molecular weight excluding hydrogens is 354 g/mol. The fourth-order valence-corrected chi connectivity index (χ4v) is 4.75. The monoisotopic (exact) mass is 383 g/mol. The van der Waals surface area contributed by atoms with Gasteiger partial charge in [0.1, 0.15) is 6.10 Å². The van der Waals surface area contributed by atoms with Gasteiger partial charge in [-0.1, -0.05) is 30.3 Å². The lowest BCUT2D eigenvalue weighted by molar-refractivity contribution is -0.284.